The van der Waals surface area contributed by atoms with Gasteiger partial charge in [-0.25, -0.2) is 0 Å². The van der Waals surface area contributed by atoms with Gasteiger partial charge in [0.15, 0.2) is 0 Å². The van der Waals surface area contributed by atoms with Crippen LogP contribution in [-0.2, 0) is 4.79 Å². The van der Waals surface area contributed by atoms with Crippen molar-refractivity contribution >= 4 is 17.3 Å². The van der Waals surface area contributed by atoms with Crippen LogP contribution in [0.4, 0.5) is 11.4 Å². The minimum Gasteiger partial charge on any atom is -0.733 e. The second-order valence-corrected chi connectivity index (χ2v) is 4.62. The predicted molar refractivity (Wildman–Crippen MR) is 75.1 cm³/mol. The number of methoxy groups -OCH3 is 1. The first kappa shape index (κ1) is 14.4. The Balaban J connectivity index is 2.14. The number of hydrogen-bond acceptors (Lipinski definition) is 6. The second kappa shape index (κ2) is 5.98. The summed E-state index contributed by atoms with van der Waals surface area (Å²) in [6.45, 7) is 4.24. The van der Waals surface area contributed by atoms with E-state index >= 15 is 0 Å². The van der Waals surface area contributed by atoms with Crippen LogP contribution < -0.4 is 14.9 Å². The van der Waals surface area contributed by atoms with E-state index in [0.717, 1.165) is 5.69 Å². The summed E-state index contributed by atoms with van der Waals surface area (Å²) < 4.78 is 5.02. The number of benzene rings is 1. The molecule has 1 saturated heterocycles. The highest BCUT2D eigenvalue weighted by molar-refractivity contribution is 5.73. The van der Waals surface area contributed by atoms with Crippen LogP contribution in [0.5, 0.6) is 5.75 Å². The fourth-order valence-corrected chi connectivity index (χ4v) is 2.30. The molecule has 1 fully saturated rings. The van der Waals surface area contributed by atoms with Crippen molar-refractivity contribution < 1.29 is 14.7 Å². The zero-order valence-corrected chi connectivity index (χ0v) is 11.6. The summed E-state index contributed by atoms with van der Waals surface area (Å²) in [6.07, 6.45) is 0. The Morgan fingerprint density at radius 3 is 2.50 bits per heavy atom. The fourth-order valence-electron chi connectivity index (χ4n) is 2.30. The highest BCUT2D eigenvalue weighted by Crippen LogP contribution is 2.32. The number of piperazine rings is 1. The number of nitrogens with zero attached hydrogens (tertiary/aromatic N) is 3. The normalized spacial score (nSPS) is 15.2. The molecule has 0 aromatic heterocycles. The van der Waals surface area contributed by atoms with Gasteiger partial charge in [-0.1, -0.05) is 0 Å². The molecular weight excluding hydrogens is 262 g/mol. The standard InChI is InChI=1S/C13H18N3O4/c1-10(17)14-5-7-15(8-6-14)11-3-4-13(20-2)12(9-11)16(18)19/h3-4,9,18H,5-8H2,1-2H3/q-1. The van der Waals surface area contributed by atoms with Crippen molar-refractivity contribution in [3.63, 3.8) is 0 Å². The number of ether oxygens (including phenoxy) is 1. The van der Waals surface area contributed by atoms with Crippen LogP contribution in [-0.4, -0.2) is 49.3 Å². The number of amides is 1. The van der Waals surface area contributed by atoms with E-state index in [2.05, 4.69) is 4.90 Å². The monoisotopic (exact) mass is 280 g/mol. The summed E-state index contributed by atoms with van der Waals surface area (Å²) in [5, 5.41) is 20.0. The van der Waals surface area contributed by atoms with E-state index in [1.165, 1.54) is 7.11 Å². The maximum Gasteiger partial charge on any atom is 0.219 e. The van der Waals surface area contributed by atoms with Gasteiger partial charge in [0, 0.05) is 38.8 Å². The fraction of sp³-hybridized carbons (Fsp3) is 0.462. The molecule has 0 atom stereocenters. The van der Waals surface area contributed by atoms with Crippen LogP contribution in [0.1, 0.15) is 6.92 Å². The van der Waals surface area contributed by atoms with Gasteiger partial charge in [-0.3, -0.25) is 10.0 Å². The third kappa shape index (κ3) is 2.94. The molecule has 0 radical (unpaired) electrons. The minimum absolute atomic E-state index is 0.0685. The Labute approximate surface area is 117 Å². The van der Waals surface area contributed by atoms with E-state index < -0.39 is 0 Å². The molecule has 1 aliphatic heterocycles. The van der Waals surface area contributed by atoms with Gasteiger partial charge in [-0.15, -0.1) is 0 Å². The molecule has 110 valence electrons. The summed E-state index contributed by atoms with van der Waals surface area (Å²) >= 11 is 0. The molecule has 20 heavy (non-hydrogen) atoms. The first-order valence-corrected chi connectivity index (χ1v) is 6.37. The zero-order chi connectivity index (χ0) is 14.7. The van der Waals surface area contributed by atoms with Crippen molar-refractivity contribution in [3.8, 4) is 5.75 Å². The maximum absolute atomic E-state index is 11.3. The summed E-state index contributed by atoms with van der Waals surface area (Å²) in [5.74, 6) is 0.384. The summed E-state index contributed by atoms with van der Waals surface area (Å²) in [7, 11) is 1.44. The molecule has 1 aliphatic rings. The van der Waals surface area contributed by atoms with Gasteiger partial charge in [0.25, 0.3) is 0 Å². The van der Waals surface area contributed by atoms with Crippen LogP contribution >= 0.6 is 0 Å². The Bertz CT molecular complexity index is 485. The van der Waals surface area contributed by atoms with Gasteiger partial charge in [0.1, 0.15) is 5.75 Å². The number of anilines is 2. The van der Waals surface area contributed by atoms with Crippen molar-refractivity contribution in [2.24, 2.45) is 0 Å². The molecule has 7 heteroatoms. The largest absolute Gasteiger partial charge is 0.733 e. The van der Waals surface area contributed by atoms with E-state index in [9.17, 15) is 10.0 Å². The summed E-state index contributed by atoms with van der Waals surface area (Å²) in [4.78, 5) is 15.1. The van der Waals surface area contributed by atoms with E-state index in [4.69, 9.17) is 9.94 Å². The highest BCUT2D eigenvalue weighted by Gasteiger charge is 2.19. The molecule has 7 nitrogen and oxygen atoms in total. The van der Waals surface area contributed by atoms with Gasteiger partial charge in [0.05, 0.1) is 12.8 Å². The number of rotatable bonds is 3. The van der Waals surface area contributed by atoms with Crippen molar-refractivity contribution in [1.82, 2.24) is 4.90 Å². The smallest absolute Gasteiger partial charge is 0.219 e. The molecule has 0 unspecified atom stereocenters. The average Bonchev–Trinajstić information content (AvgIpc) is 2.46. The SMILES string of the molecule is COc1ccc(N2CCN(C(C)=O)CC2)cc1N([O-])O. The first-order valence-electron chi connectivity index (χ1n) is 6.37. The molecule has 1 N–H and O–H groups in total. The molecule has 0 saturated carbocycles. The minimum atomic E-state index is -0.200. The molecule has 0 bridgehead atoms. The molecule has 1 aromatic carbocycles. The van der Waals surface area contributed by atoms with E-state index in [-0.39, 0.29) is 16.8 Å². The molecule has 0 aliphatic carbocycles. The third-order valence-corrected chi connectivity index (χ3v) is 3.46. The molecule has 1 aromatic rings. The Morgan fingerprint density at radius 1 is 1.35 bits per heavy atom. The molecule has 1 amide bonds. The van der Waals surface area contributed by atoms with Gasteiger partial charge >= 0.3 is 0 Å². The average molecular weight is 280 g/mol. The van der Waals surface area contributed by atoms with Crippen LogP contribution in [0.15, 0.2) is 18.2 Å². The topological polar surface area (TPSA) is 79.3 Å². The highest BCUT2D eigenvalue weighted by atomic mass is 16.8. The lowest BCUT2D eigenvalue weighted by Gasteiger charge is -2.36. The number of hydrogen-bond donors (Lipinski definition) is 1. The van der Waals surface area contributed by atoms with E-state index in [0.29, 0.717) is 31.9 Å². The molecule has 2 rings (SSSR count). The van der Waals surface area contributed by atoms with Crippen LogP contribution in [0.3, 0.4) is 0 Å². The number of carbonyl (C=O) groups is 1. The number of carbonyl (C=O) groups excluding carboxylic acids is 1. The third-order valence-electron chi connectivity index (χ3n) is 3.46. The van der Waals surface area contributed by atoms with Crippen molar-refractivity contribution in [2.45, 2.75) is 6.92 Å². The maximum atomic E-state index is 11.3. The molecular formula is C13H18N3O4-. The summed E-state index contributed by atoms with van der Waals surface area (Å²) in [6, 6.07) is 5.05. The van der Waals surface area contributed by atoms with Gasteiger partial charge in [0.2, 0.25) is 5.91 Å². The second-order valence-electron chi connectivity index (χ2n) is 4.62. The van der Waals surface area contributed by atoms with Gasteiger partial charge < -0.3 is 25.0 Å². The Kier molecular flexibility index (Phi) is 4.31. The lowest BCUT2D eigenvalue weighted by molar-refractivity contribution is -0.129. The first-order chi connectivity index (χ1) is 9.52. The van der Waals surface area contributed by atoms with Crippen molar-refractivity contribution in [1.29, 1.82) is 0 Å². The lowest BCUT2D eigenvalue weighted by Crippen LogP contribution is -2.48. The molecule has 1 heterocycles. The van der Waals surface area contributed by atoms with Crippen LogP contribution in [0, 0.1) is 5.21 Å². The van der Waals surface area contributed by atoms with Crippen molar-refractivity contribution in [2.75, 3.05) is 43.4 Å². The van der Waals surface area contributed by atoms with E-state index in [1.807, 2.05) is 6.07 Å². The zero-order valence-electron chi connectivity index (χ0n) is 11.6. The Hall–Kier alpha value is -1.99. The van der Waals surface area contributed by atoms with Crippen LogP contribution in [0.2, 0.25) is 0 Å². The van der Waals surface area contributed by atoms with Crippen molar-refractivity contribution in [3.05, 3.63) is 23.4 Å². The molecule has 0 spiro atoms. The predicted octanol–water partition coefficient (Wildman–Crippen LogP) is 1.06. The Morgan fingerprint density at radius 2 is 2.00 bits per heavy atom. The quantitative estimate of drug-likeness (QED) is 0.834. The lowest BCUT2D eigenvalue weighted by atomic mass is 10.2. The van der Waals surface area contributed by atoms with Crippen LogP contribution in [0.25, 0.3) is 0 Å². The van der Waals surface area contributed by atoms with Gasteiger partial charge in [-0.05, 0) is 18.2 Å². The summed E-state index contributed by atoms with van der Waals surface area (Å²) in [5.41, 5.74) is 0.887. The van der Waals surface area contributed by atoms with Gasteiger partial charge in [-0.2, -0.15) is 0 Å². The van der Waals surface area contributed by atoms with E-state index in [1.54, 1.807) is 24.0 Å².